The number of carbonyl (C=O) groups excluding carboxylic acids is 1. The minimum atomic E-state index is -4.65. The fourth-order valence-corrected chi connectivity index (χ4v) is 5.08. The lowest BCUT2D eigenvalue weighted by Gasteiger charge is -2.25. The highest BCUT2D eigenvalue weighted by Gasteiger charge is 2.30. The first-order valence-electron chi connectivity index (χ1n) is 9.51. The summed E-state index contributed by atoms with van der Waals surface area (Å²) in [7, 11) is -4.77. The molecule has 0 spiro atoms. The van der Waals surface area contributed by atoms with Crippen molar-refractivity contribution in [3.8, 4) is 11.5 Å². The first-order chi connectivity index (χ1) is 15.7. The minimum absolute atomic E-state index is 0.0540. The molecule has 0 atom stereocenters. The first-order valence-corrected chi connectivity index (χ1v) is 12.7. The van der Waals surface area contributed by atoms with Crippen molar-refractivity contribution < 1.29 is 35.1 Å². The largest absolute Gasteiger partial charge is 0.451 e. The second-order valence-corrected chi connectivity index (χ2v) is 11.8. The van der Waals surface area contributed by atoms with E-state index in [4.69, 9.17) is 22.1 Å². The van der Waals surface area contributed by atoms with Crippen LogP contribution in [-0.2, 0) is 25.0 Å². The molecule has 2 rings (SSSR count). The van der Waals surface area contributed by atoms with E-state index < -0.39 is 61.5 Å². The molecule has 0 saturated heterocycles. The van der Waals surface area contributed by atoms with E-state index in [1.165, 1.54) is 45.4 Å². The summed E-state index contributed by atoms with van der Waals surface area (Å²) in [5, 5.41) is 0.369. The van der Waals surface area contributed by atoms with Gasteiger partial charge in [0.25, 0.3) is 10.2 Å². The van der Waals surface area contributed by atoms with E-state index in [1.54, 1.807) is 0 Å². The number of amides is 1. The van der Waals surface area contributed by atoms with Crippen LogP contribution in [0.25, 0.3) is 0 Å². The molecule has 0 aromatic heterocycles. The Balaban J connectivity index is 2.35. The zero-order valence-electron chi connectivity index (χ0n) is 18.4. The standard InChI is InChI=1S/C19H23ClF2N4O6S2/c1-24(2)34(30,31)25(3)8-9-26(12-18(23)27)33(28,29)15-10-16(21)19(17(22)11-15)32-14-6-4-13(20)5-7-14/h4-7,10-11H,8-9,12H2,1-3H3,(H2,23,27). The SMILES string of the molecule is CN(C)S(=O)(=O)N(C)CCN(CC(N)=O)S(=O)(=O)c1cc(F)c(Oc2ccc(Cl)cc2)c(F)c1. The molecule has 15 heteroatoms. The molecule has 188 valence electrons. The fraction of sp³-hybridized carbons (Fsp3) is 0.316. The van der Waals surface area contributed by atoms with Crippen LogP contribution in [0.5, 0.6) is 11.5 Å². The van der Waals surface area contributed by atoms with Crippen molar-refractivity contribution in [1.82, 2.24) is 12.9 Å². The summed E-state index contributed by atoms with van der Waals surface area (Å²) in [5.41, 5.74) is 5.13. The predicted octanol–water partition coefficient (Wildman–Crippen LogP) is 1.62. The zero-order chi connectivity index (χ0) is 25.8. The van der Waals surface area contributed by atoms with E-state index in [9.17, 15) is 30.4 Å². The van der Waals surface area contributed by atoms with Gasteiger partial charge in [-0.2, -0.15) is 21.3 Å². The molecule has 0 aliphatic heterocycles. The molecule has 2 N–H and O–H groups in total. The Morgan fingerprint density at radius 2 is 1.53 bits per heavy atom. The van der Waals surface area contributed by atoms with E-state index >= 15 is 0 Å². The van der Waals surface area contributed by atoms with Crippen LogP contribution in [0.3, 0.4) is 0 Å². The minimum Gasteiger partial charge on any atom is -0.451 e. The second kappa shape index (κ2) is 10.9. The van der Waals surface area contributed by atoms with Crippen molar-refractivity contribution in [1.29, 1.82) is 0 Å². The van der Waals surface area contributed by atoms with Crippen molar-refractivity contribution in [2.75, 3.05) is 40.8 Å². The van der Waals surface area contributed by atoms with Gasteiger partial charge in [0.2, 0.25) is 15.9 Å². The summed E-state index contributed by atoms with van der Waals surface area (Å²) in [6.07, 6.45) is 0. The van der Waals surface area contributed by atoms with Gasteiger partial charge >= 0.3 is 0 Å². The molecule has 2 aromatic rings. The molecule has 0 saturated carbocycles. The smallest absolute Gasteiger partial charge is 0.281 e. The van der Waals surface area contributed by atoms with E-state index in [2.05, 4.69) is 0 Å². The summed E-state index contributed by atoms with van der Waals surface area (Å²) >= 11 is 5.75. The van der Waals surface area contributed by atoms with E-state index in [-0.39, 0.29) is 12.3 Å². The Morgan fingerprint density at radius 1 is 1.00 bits per heavy atom. The lowest BCUT2D eigenvalue weighted by atomic mass is 10.3. The van der Waals surface area contributed by atoms with Crippen molar-refractivity contribution in [3.05, 3.63) is 53.1 Å². The number of benzene rings is 2. The number of halogens is 3. The predicted molar refractivity (Wildman–Crippen MR) is 121 cm³/mol. The second-order valence-electron chi connectivity index (χ2n) is 7.19. The van der Waals surface area contributed by atoms with Gasteiger partial charge in [-0.3, -0.25) is 4.79 Å². The Hall–Kier alpha value is -2.36. The number of hydrogen-bond acceptors (Lipinski definition) is 6. The summed E-state index contributed by atoms with van der Waals surface area (Å²) in [6, 6.07) is 6.63. The number of rotatable bonds is 11. The number of carbonyl (C=O) groups is 1. The number of nitrogens with two attached hydrogens (primary N) is 1. The molecule has 34 heavy (non-hydrogen) atoms. The molecule has 10 nitrogen and oxygen atoms in total. The monoisotopic (exact) mass is 540 g/mol. The summed E-state index contributed by atoms with van der Waals surface area (Å²) < 4.78 is 87.1. The van der Waals surface area contributed by atoms with Crippen molar-refractivity contribution >= 4 is 37.7 Å². The normalized spacial score (nSPS) is 12.5. The maximum Gasteiger partial charge on any atom is 0.281 e. The molecule has 0 aliphatic rings. The lowest BCUT2D eigenvalue weighted by Crippen LogP contribution is -2.45. The number of ether oxygens (including phenoxy) is 1. The van der Waals surface area contributed by atoms with Gasteiger partial charge in [0.05, 0.1) is 11.4 Å². The molecule has 0 heterocycles. The van der Waals surface area contributed by atoms with Crippen molar-refractivity contribution in [2.45, 2.75) is 4.90 Å². The molecule has 0 unspecified atom stereocenters. The Kier molecular flexibility index (Phi) is 8.96. The third kappa shape index (κ3) is 6.61. The van der Waals surface area contributed by atoms with Gasteiger partial charge in [-0.15, -0.1) is 0 Å². The van der Waals surface area contributed by atoms with Gasteiger partial charge in [0, 0.05) is 39.3 Å². The molecule has 2 aromatic carbocycles. The third-order valence-electron chi connectivity index (χ3n) is 4.49. The van der Waals surface area contributed by atoms with Crippen LogP contribution in [0.2, 0.25) is 5.02 Å². The third-order valence-corrected chi connectivity index (χ3v) is 8.46. The Bertz CT molecular complexity index is 1240. The maximum absolute atomic E-state index is 14.6. The van der Waals surface area contributed by atoms with Gasteiger partial charge in [0.15, 0.2) is 17.4 Å². The van der Waals surface area contributed by atoms with E-state index in [0.717, 1.165) is 8.61 Å². The fourth-order valence-electron chi connectivity index (χ4n) is 2.66. The van der Waals surface area contributed by atoms with Crippen molar-refractivity contribution in [3.63, 3.8) is 0 Å². The highest BCUT2D eigenvalue weighted by molar-refractivity contribution is 7.89. The number of nitrogens with zero attached hydrogens (tertiary/aromatic N) is 3. The molecule has 0 fully saturated rings. The maximum atomic E-state index is 14.6. The number of hydrogen-bond donors (Lipinski definition) is 1. The molecular formula is C19H23ClF2N4O6S2. The summed E-state index contributed by atoms with van der Waals surface area (Å²) in [6.45, 7) is -1.72. The highest BCUT2D eigenvalue weighted by atomic mass is 35.5. The van der Waals surface area contributed by atoms with Gasteiger partial charge in [0.1, 0.15) is 5.75 Å². The van der Waals surface area contributed by atoms with Crippen LogP contribution in [0.1, 0.15) is 0 Å². The molecular weight excluding hydrogens is 518 g/mol. The van der Waals surface area contributed by atoms with Crippen molar-refractivity contribution in [2.24, 2.45) is 5.73 Å². The van der Waals surface area contributed by atoms with E-state index in [0.29, 0.717) is 21.5 Å². The molecule has 1 amide bonds. The topological polar surface area (TPSA) is 130 Å². The van der Waals surface area contributed by atoms with Crippen LogP contribution < -0.4 is 10.5 Å². The van der Waals surface area contributed by atoms with Gasteiger partial charge < -0.3 is 10.5 Å². The molecule has 0 radical (unpaired) electrons. The Labute approximate surface area is 201 Å². The first kappa shape index (κ1) is 27.9. The van der Waals surface area contributed by atoms with Gasteiger partial charge in [-0.05, 0) is 36.4 Å². The van der Waals surface area contributed by atoms with E-state index in [1.807, 2.05) is 0 Å². The number of primary amides is 1. The highest BCUT2D eigenvalue weighted by Crippen LogP contribution is 2.31. The van der Waals surface area contributed by atoms with Crippen LogP contribution in [0.15, 0.2) is 41.3 Å². The number of likely N-dealkylation sites (N-methyl/N-ethyl adjacent to an activating group) is 1. The number of sulfonamides is 1. The lowest BCUT2D eigenvalue weighted by molar-refractivity contribution is -0.118. The molecule has 0 bridgehead atoms. The van der Waals surface area contributed by atoms with Crippen LogP contribution in [0.4, 0.5) is 8.78 Å². The molecule has 0 aliphatic carbocycles. The summed E-state index contributed by atoms with van der Waals surface area (Å²) in [5.74, 6) is -4.48. The van der Waals surface area contributed by atoms with Crippen LogP contribution >= 0.6 is 11.6 Å². The summed E-state index contributed by atoms with van der Waals surface area (Å²) in [4.78, 5) is 10.6. The quantitative estimate of drug-likeness (QED) is 0.461. The van der Waals surface area contributed by atoms with Crippen LogP contribution in [0, 0.1) is 11.6 Å². The average molecular weight is 541 g/mol. The zero-order valence-corrected chi connectivity index (χ0v) is 20.8. The average Bonchev–Trinajstić information content (AvgIpc) is 2.74. The van der Waals surface area contributed by atoms with Crippen LogP contribution in [-0.4, -0.2) is 76.4 Å². The van der Waals surface area contributed by atoms with Gasteiger partial charge in [-0.1, -0.05) is 11.6 Å². The van der Waals surface area contributed by atoms with Gasteiger partial charge in [-0.25, -0.2) is 17.2 Å². The Morgan fingerprint density at radius 3 is 2.00 bits per heavy atom.